The van der Waals surface area contributed by atoms with Crippen LogP contribution in [0.25, 0.3) is 0 Å². The van der Waals surface area contributed by atoms with E-state index >= 15 is 4.39 Å². The molecule has 0 amide bonds. The van der Waals surface area contributed by atoms with Gasteiger partial charge in [-0.3, -0.25) is 0 Å². The van der Waals surface area contributed by atoms with E-state index in [1.165, 1.54) is 24.3 Å². The molecule has 0 unspecified atom stereocenters. The molecule has 184 valence electrons. The Morgan fingerprint density at radius 3 is 2.50 bits per heavy atom. The monoisotopic (exact) mass is 531 g/mol. The van der Waals surface area contributed by atoms with Gasteiger partial charge in [0.25, 0.3) is 0 Å². The highest BCUT2D eigenvalue weighted by molar-refractivity contribution is 7.92. The average molecular weight is 532 g/mol. The maximum Gasteiger partial charge on any atom is 0.214 e. The van der Waals surface area contributed by atoms with E-state index in [2.05, 4.69) is 4.72 Å². The van der Waals surface area contributed by atoms with E-state index in [0.717, 1.165) is 12.1 Å². The lowest BCUT2D eigenvalue weighted by atomic mass is 9.64. The SMILES string of the molecule is CC[C@H]1C[C@H]2[C@H](CC[C@]3(S(=O)(=O)c4ccc(Cl)cc4)c4c(F)ccc(F)c4OC[C@H]23)NS1(=O)=O. The van der Waals surface area contributed by atoms with Crippen LogP contribution < -0.4 is 9.46 Å². The number of benzene rings is 2. The first-order valence-corrected chi connectivity index (χ1v) is 14.6. The normalized spacial score (nSPS) is 32.1. The van der Waals surface area contributed by atoms with Crippen molar-refractivity contribution in [3.05, 3.63) is 58.6 Å². The Kier molecular flexibility index (Phi) is 5.74. The maximum atomic E-state index is 15.4. The zero-order valence-electron chi connectivity index (χ0n) is 18.3. The summed E-state index contributed by atoms with van der Waals surface area (Å²) in [5, 5.41) is -0.365. The van der Waals surface area contributed by atoms with Gasteiger partial charge in [0.05, 0.1) is 22.3 Å². The first kappa shape index (κ1) is 24.0. The van der Waals surface area contributed by atoms with Gasteiger partial charge in [-0.05, 0) is 68.0 Å². The Bertz CT molecular complexity index is 1350. The van der Waals surface area contributed by atoms with Crippen LogP contribution in [0.15, 0.2) is 41.3 Å². The number of sulfone groups is 1. The lowest BCUT2D eigenvalue weighted by Gasteiger charge is -2.54. The molecule has 2 heterocycles. The fourth-order valence-corrected chi connectivity index (χ4v) is 10.4. The van der Waals surface area contributed by atoms with Crippen molar-refractivity contribution in [2.45, 2.75) is 53.5 Å². The molecule has 2 aliphatic heterocycles. The average Bonchev–Trinajstić information content (AvgIpc) is 2.79. The molecule has 5 rings (SSSR count). The lowest BCUT2D eigenvalue weighted by Crippen LogP contribution is -2.63. The van der Waals surface area contributed by atoms with Gasteiger partial charge in [-0.1, -0.05) is 18.5 Å². The summed E-state index contributed by atoms with van der Waals surface area (Å²) >= 11 is 5.97. The van der Waals surface area contributed by atoms with Crippen molar-refractivity contribution in [1.82, 2.24) is 4.72 Å². The Labute approximate surface area is 202 Å². The summed E-state index contributed by atoms with van der Waals surface area (Å²) in [5.41, 5.74) is -0.307. The minimum atomic E-state index is -4.28. The first-order chi connectivity index (χ1) is 16.0. The van der Waals surface area contributed by atoms with Crippen LogP contribution in [0.3, 0.4) is 0 Å². The van der Waals surface area contributed by atoms with Gasteiger partial charge in [0.15, 0.2) is 21.4 Å². The number of sulfonamides is 1. The Morgan fingerprint density at radius 1 is 1.15 bits per heavy atom. The second-order valence-electron chi connectivity index (χ2n) is 9.24. The molecule has 2 aromatic carbocycles. The van der Waals surface area contributed by atoms with E-state index in [1.54, 1.807) is 6.92 Å². The lowest BCUT2D eigenvalue weighted by molar-refractivity contribution is 0.0491. The van der Waals surface area contributed by atoms with Crippen LogP contribution in [0.4, 0.5) is 8.78 Å². The summed E-state index contributed by atoms with van der Waals surface area (Å²) in [4.78, 5) is -0.0553. The Morgan fingerprint density at radius 2 is 1.82 bits per heavy atom. The van der Waals surface area contributed by atoms with Crippen LogP contribution in [-0.2, 0) is 24.6 Å². The van der Waals surface area contributed by atoms with E-state index in [1.807, 2.05) is 0 Å². The van der Waals surface area contributed by atoms with Gasteiger partial charge in [-0.2, -0.15) is 0 Å². The quantitative estimate of drug-likeness (QED) is 0.642. The van der Waals surface area contributed by atoms with Gasteiger partial charge < -0.3 is 4.74 Å². The molecule has 3 aliphatic rings. The molecule has 11 heteroatoms. The number of ether oxygens (including phenoxy) is 1. The summed E-state index contributed by atoms with van der Waals surface area (Å²) in [6, 6.07) is 6.94. The largest absolute Gasteiger partial charge is 0.490 e. The smallest absolute Gasteiger partial charge is 0.214 e. The van der Waals surface area contributed by atoms with Crippen molar-refractivity contribution in [1.29, 1.82) is 0 Å². The molecule has 0 spiro atoms. The number of nitrogens with one attached hydrogen (secondary N) is 1. The van der Waals surface area contributed by atoms with Crippen LogP contribution in [-0.4, -0.2) is 34.7 Å². The molecular formula is C23H24ClF2NO5S2. The molecule has 2 fully saturated rings. The third-order valence-electron chi connectivity index (χ3n) is 7.70. The minimum Gasteiger partial charge on any atom is -0.490 e. The summed E-state index contributed by atoms with van der Waals surface area (Å²) in [7, 11) is -7.84. The van der Waals surface area contributed by atoms with E-state index in [0.29, 0.717) is 11.4 Å². The highest BCUT2D eigenvalue weighted by Crippen LogP contribution is 2.59. The molecule has 1 aliphatic carbocycles. The summed E-state index contributed by atoms with van der Waals surface area (Å²) in [6.45, 7) is 1.59. The highest BCUT2D eigenvalue weighted by Gasteiger charge is 2.64. The van der Waals surface area contributed by atoms with Crippen LogP contribution >= 0.6 is 11.6 Å². The number of rotatable bonds is 3. The second kappa shape index (κ2) is 8.15. The third-order valence-corrected chi connectivity index (χ3v) is 12.5. The molecule has 0 bridgehead atoms. The predicted octanol–water partition coefficient (Wildman–Crippen LogP) is 4.18. The number of hydrogen-bond acceptors (Lipinski definition) is 5. The molecule has 1 N–H and O–H groups in total. The van der Waals surface area contributed by atoms with Gasteiger partial charge in [0.1, 0.15) is 10.6 Å². The number of fused-ring (bicyclic) bond motifs is 5. The second-order valence-corrected chi connectivity index (χ2v) is 13.9. The topological polar surface area (TPSA) is 89.5 Å². The zero-order valence-corrected chi connectivity index (χ0v) is 20.7. The standard InChI is InChI=1S/C23H24ClF2NO5S2/c1-2-14-11-16-17-12-32-22-19(26)8-7-18(25)21(22)23(17,10-9-20(16)27-34(14,30)31)33(28,29)15-5-3-13(24)4-6-15/h3-8,14,16-17,20,27H,2,9-12H2,1H3/t14-,16+,17+,20-,23+/m0/s1. The summed E-state index contributed by atoms with van der Waals surface area (Å²) < 4.78 is 90.7. The van der Waals surface area contributed by atoms with Crippen molar-refractivity contribution in [2.75, 3.05) is 6.61 Å². The van der Waals surface area contributed by atoms with Crippen LogP contribution in [0, 0.1) is 23.5 Å². The number of hydrogen-bond donors (Lipinski definition) is 1. The van der Waals surface area contributed by atoms with Crippen molar-refractivity contribution in [2.24, 2.45) is 11.8 Å². The van der Waals surface area contributed by atoms with Crippen LogP contribution in [0.2, 0.25) is 5.02 Å². The Balaban J connectivity index is 1.75. The number of halogens is 3. The molecule has 0 aromatic heterocycles. The molecule has 5 atom stereocenters. The molecule has 0 radical (unpaired) electrons. The third kappa shape index (κ3) is 3.32. The summed E-state index contributed by atoms with van der Waals surface area (Å²) in [5.74, 6) is -3.30. The van der Waals surface area contributed by atoms with Crippen molar-refractivity contribution >= 4 is 31.5 Å². The molecule has 1 saturated heterocycles. The first-order valence-electron chi connectivity index (χ1n) is 11.2. The van der Waals surface area contributed by atoms with Crippen LogP contribution in [0.1, 0.15) is 38.2 Å². The molecular weight excluding hydrogens is 508 g/mol. The molecule has 34 heavy (non-hydrogen) atoms. The maximum absolute atomic E-state index is 15.4. The van der Waals surface area contributed by atoms with E-state index in [9.17, 15) is 21.2 Å². The van der Waals surface area contributed by atoms with E-state index in [4.69, 9.17) is 16.3 Å². The fourth-order valence-electron chi connectivity index (χ4n) is 6.10. The molecule has 6 nitrogen and oxygen atoms in total. The van der Waals surface area contributed by atoms with Gasteiger partial charge in [-0.15, -0.1) is 0 Å². The van der Waals surface area contributed by atoms with Crippen molar-refractivity contribution < 1.29 is 30.4 Å². The van der Waals surface area contributed by atoms with Gasteiger partial charge in [-0.25, -0.2) is 30.3 Å². The molecule has 1 saturated carbocycles. The van der Waals surface area contributed by atoms with E-state index in [-0.39, 0.29) is 36.3 Å². The van der Waals surface area contributed by atoms with E-state index < -0.39 is 65.1 Å². The minimum absolute atomic E-state index is 0.0553. The van der Waals surface area contributed by atoms with Crippen molar-refractivity contribution in [3.8, 4) is 5.75 Å². The van der Waals surface area contributed by atoms with Gasteiger partial charge in [0.2, 0.25) is 10.0 Å². The summed E-state index contributed by atoms with van der Waals surface area (Å²) in [6.07, 6.45) is 0.649. The van der Waals surface area contributed by atoms with Crippen molar-refractivity contribution in [3.63, 3.8) is 0 Å². The Hall–Kier alpha value is -1.75. The van der Waals surface area contributed by atoms with Gasteiger partial charge in [0, 0.05) is 17.0 Å². The fraction of sp³-hybridized carbons (Fsp3) is 0.478. The predicted molar refractivity (Wildman–Crippen MR) is 123 cm³/mol. The van der Waals surface area contributed by atoms with Crippen LogP contribution in [0.5, 0.6) is 5.75 Å². The molecule has 2 aromatic rings. The highest BCUT2D eigenvalue weighted by atomic mass is 35.5. The zero-order chi connectivity index (χ0) is 24.5. The van der Waals surface area contributed by atoms with Gasteiger partial charge >= 0.3 is 0 Å².